The normalized spacial score (nSPS) is 22.1. The molecule has 14 heteroatoms. The average Bonchev–Trinajstić information content (AvgIpc) is 3.17. The molecule has 0 spiro atoms. The van der Waals surface area contributed by atoms with E-state index in [1.807, 2.05) is 0 Å². The van der Waals surface area contributed by atoms with Crippen LogP contribution in [0.15, 0.2) is 42.5 Å². The molecule has 2 aromatic rings. The van der Waals surface area contributed by atoms with Crippen molar-refractivity contribution in [2.75, 3.05) is 0 Å². The fraction of sp³-hybridized carbons (Fsp3) is 0.273. The quantitative estimate of drug-likeness (QED) is 0.456. The number of carbonyl (C=O) groups excluding carboxylic acids is 4. The number of amides is 4. The van der Waals surface area contributed by atoms with Gasteiger partial charge in [-0.2, -0.15) is 8.78 Å². The number of benzene rings is 2. The van der Waals surface area contributed by atoms with Crippen molar-refractivity contribution in [2.45, 2.75) is 36.7 Å². The van der Waals surface area contributed by atoms with Gasteiger partial charge in [-0.3, -0.25) is 19.2 Å². The second-order valence-corrected chi connectivity index (χ2v) is 9.04. The summed E-state index contributed by atoms with van der Waals surface area (Å²) in [5, 5.41) is 0.231. The summed E-state index contributed by atoms with van der Waals surface area (Å²) < 4.78 is 29.4. The van der Waals surface area contributed by atoms with Crippen LogP contribution in [-0.2, 0) is 33.4 Å². The van der Waals surface area contributed by atoms with E-state index in [2.05, 4.69) is 0 Å². The molecule has 4 rings (SSSR count). The number of halogens is 3. The summed E-state index contributed by atoms with van der Waals surface area (Å²) in [5.74, 6) is -9.14. The molecule has 4 amide bonds. The van der Waals surface area contributed by atoms with Crippen LogP contribution in [0.2, 0.25) is 10.8 Å². The maximum absolute atomic E-state index is 14.7. The summed E-state index contributed by atoms with van der Waals surface area (Å²) in [6, 6.07) is 8.83. The van der Waals surface area contributed by atoms with Crippen LogP contribution < -0.4 is 0 Å². The van der Waals surface area contributed by atoms with Gasteiger partial charge in [-0.1, -0.05) is 35.9 Å². The van der Waals surface area contributed by atoms with Crippen molar-refractivity contribution >= 4 is 66.9 Å². The zero-order valence-electron chi connectivity index (χ0n) is 18.7. The highest BCUT2D eigenvalue weighted by Crippen LogP contribution is 2.39. The smallest absolute Gasteiger partial charge is 0.348 e. The maximum atomic E-state index is 14.7. The Morgan fingerprint density at radius 2 is 1.81 bits per heavy atom. The van der Waals surface area contributed by atoms with Gasteiger partial charge in [0, 0.05) is 35.7 Å². The number of nitrogens with zero attached hydrogens (tertiary/aromatic N) is 3. The van der Waals surface area contributed by atoms with E-state index < -0.39 is 52.9 Å². The van der Waals surface area contributed by atoms with Crippen molar-refractivity contribution in [3.63, 3.8) is 0 Å². The number of imide groups is 1. The first-order valence-electron chi connectivity index (χ1n) is 10.6. The van der Waals surface area contributed by atoms with E-state index in [1.165, 1.54) is 30.3 Å². The Kier molecular flexibility index (Phi) is 6.58. The highest BCUT2D eigenvalue weighted by atomic mass is 35.5. The zero-order chi connectivity index (χ0) is 26.6. The lowest BCUT2D eigenvalue weighted by molar-refractivity contribution is -0.154. The first-order valence-corrected chi connectivity index (χ1v) is 11.0. The average molecular weight is 501 g/mol. The Labute approximate surface area is 215 Å². The van der Waals surface area contributed by atoms with Gasteiger partial charge in [0.1, 0.15) is 7.85 Å². The standard InChI is InChI=1S/C22H14B4ClF2N3O4/c23-16-8-17(33)32(26)19(35)21(16,24)30-10-12-7-11(1-6-15(12)18(30)34)9-31(25)20(36)22(28,29)13-2-4-14(27)5-3-13/h1-7,16H,8-10H2. The minimum absolute atomic E-state index is 0.167. The largest absolute Gasteiger partial charge is 0.387 e. The van der Waals surface area contributed by atoms with Crippen LogP contribution in [0.4, 0.5) is 8.78 Å². The second kappa shape index (κ2) is 9.10. The van der Waals surface area contributed by atoms with Gasteiger partial charge < -0.3 is 14.5 Å². The highest BCUT2D eigenvalue weighted by molar-refractivity contribution is 6.42. The third-order valence-corrected chi connectivity index (χ3v) is 6.55. The molecule has 2 heterocycles. The molecule has 2 aliphatic rings. The Hall–Kier alpha value is -3.07. The van der Waals surface area contributed by atoms with Gasteiger partial charge in [0.15, 0.2) is 0 Å². The third-order valence-electron chi connectivity index (χ3n) is 6.30. The third kappa shape index (κ3) is 4.13. The van der Waals surface area contributed by atoms with E-state index in [0.29, 0.717) is 20.7 Å². The van der Waals surface area contributed by atoms with Gasteiger partial charge in [0.25, 0.3) is 11.8 Å². The van der Waals surface area contributed by atoms with Crippen LogP contribution in [0.5, 0.6) is 0 Å². The second-order valence-electron chi connectivity index (χ2n) is 8.60. The molecule has 36 heavy (non-hydrogen) atoms. The Morgan fingerprint density at radius 1 is 1.17 bits per heavy atom. The van der Waals surface area contributed by atoms with Gasteiger partial charge in [-0.15, -0.1) is 0 Å². The predicted octanol–water partition coefficient (Wildman–Crippen LogP) is 1.16. The highest BCUT2D eigenvalue weighted by Gasteiger charge is 2.53. The number of alkyl halides is 2. The molecule has 0 N–H and O–H groups in total. The fourth-order valence-electron chi connectivity index (χ4n) is 4.23. The molecular formula is C22H14B4ClF2N3O4. The molecule has 1 fully saturated rings. The molecule has 2 aromatic carbocycles. The number of hydrogen-bond acceptors (Lipinski definition) is 4. The summed E-state index contributed by atoms with van der Waals surface area (Å²) in [7, 11) is 23.4. The number of hydrogen-bond donors (Lipinski definition) is 0. The van der Waals surface area contributed by atoms with Crippen LogP contribution in [-0.4, -0.2) is 75.2 Å². The van der Waals surface area contributed by atoms with Crippen LogP contribution in [0.3, 0.4) is 0 Å². The van der Waals surface area contributed by atoms with Gasteiger partial charge in [0.2, 0.25) is 27.8 Å². The summed E-state index contributed by atoms with van der Waals surface area (Å²) in [4.78, 5) is 51.7. The molecule has 174 valence electrons. The van der Waals surface area contributed by atoms with Crippen LogP contribution in [0.1, 0.15) is 33.5 Å². The van der Waals surface area contributed by atoms with Crippen molar-refractivity contribution in [3.05, 3.63) is 69.7 Å². The van der Waals surface area contributed by atoms with Crippen LogP contribution in [0, 0.1) is 0 Å². The molecule has 1 saturated heterocycles. The number of rotatable bonds is 5. The minimum Gasteiger partial charge on any atom is -0.387 e. The van der Waals surface area contributed by atoms with Gasteiger partial charge in [0.05, 0.1) is 13.3 Å². The lowest BCUT2D eigenvalue weighted by atomic mass is 9.55. The van der Waals surface area contributed by atoms with Gasteiger partial charge in [-0.25, -0.2) is 0 Å². The SMILES string of the molecule is [B]C1CC(=O)N([B])C(=O)C1([B])N1Cc2cc(CN([B])C(=O)C(F)(F)c3ccc(Cl)cc3)ccc2C1=O. The topological polar surface area (TPSA) is 78.0 Å². The fourth-order valence-corrected chi connectivity index (χ4v) is 4.35. The molecule has 8 radical (unpaired) electrons. The Bertz CT molecular complexity index is 1280. The van der Waals surface area contributed by atoms with E-state index in [4.69, 9.17) is 43.3 Å². The summed E-state index contributed by atoms with van der Waals surface area (Å²) >= 11 is 5.72. The lowest BCUT2D eigenvalue weighted by Crippen LogP contribution is -2.66. The van der Waals surface area contributed by atoms with Gasteiger partial charge >= 0.3 is 5.92 Å². The molecule has 2 aliphatic heterocycles. The minimum atomic E-state index is -3.90. The first kappa shape index (κ1) is 26.0. The molecular weight excluding hydrogens is 487 g/mol. The monoisotopic (exact) mass is 501 g/mol. The van der Waals surface area contributed by atoms with E-state index in [1.54, 1.807) is 0 Å². The summed E-state index contributed by atoms with van der Waals surface area (Å²) in [5.41, 5.74) is -1.72. The predicted molar refractivity (Wildman–Crippen MR) is 128 cm³/mol. The first-order chi connectivity index (χ1) is 16.8. The van der Waals surface area contributed by atoms with Crippen molar-refractivity contribution in [2.24, 2.45) is 0 Å². The van der Waals surface area contributed by atoms with Crippen LogP contribution >= 0.6 is 11.6 Å². The number of carbonyl (C=O) groups is 4. The van der Waals surface area contributed by atoms with E-state index in [9.17, 15) is 28.0 Å². The summed E-state index contributed by atoms with van der Waals surface area (Å²) in [6.45, 7) is -0.569. The molecule has 2 atom stereocenters. The van der Waals surface area contributed by atoms with Crippen molar-refractivity contribution in [3.8, 4) is 0 Å². The summed E-state index contributed by atoms with van der Waals surface area (Å²) in [6.07, 6.45) is -0.351. The van der Waals surface area contributed by atoms with Gasteiger partial charge in [-0.05, 0) is 35.1 Å². The Morgan fingerprint density at radius 3 is 2.44 bits per heavy atom. The number of piperidine rings is 1. The Balaban J connectivity index is 1.53. The van der Waals surface area contributed by atoms with Crippen molar-refractivity contribution in [1.82, 2.24) is 14.5 Å². The van der Waals surface area contributed by atoms with E-state index in [0.717, 1.165) is 17.0 Å². The molecule has 0 aromatic heterocycles. The lowest BCUT2D eigenvalue weighted by Gasteiger charge is -2.48. The molecule has 0 bridgehead atoms. The molecule has 2 unspecified atom stereocenters. The zero-order valence-corrected chi connectivity index (χ0v) is 19.4. The van der Waals surface area contributed by atoms with E-state index >= 15 is 0 Å². The van der Waals surface area contributed by atoms with Crippen molar-refractivity contribution in [1.29, 1.82) is 0 Å². The van der Waals surface area contributed by atoms with Crippen molar-refractivity contribution < 1.29 is 28.0 Å². The molecule has 0 saturated carbocycles. The maximum Gasteiger partial charge on any atom is 0.348 e. The van der Waals surface area contributed by atoms with Crippen LogP contribution in [0.25, 0.3) is 0 Å². The van der Waals surface area contributed by atoms with E-state index in [-0.39, 0.29) is 23.6 Å². The molecule has 0 aliphatic carbocycles. The molecule has 7 nitrogen and oxygen atoms in total. The number of fused-ring (bicyclic) bond motifs is 1.